The zero-order valence-corrected chi connectivity index (χ0v) is 10.8. The van der Waals surface area contributed by atoms with Gasteiger partial charge in [0.05, 0.1) is 6.54 Å². The molecule has 0 amide bonds. The summed E-state index contributed by atoms with van der Waals surface area (Å²) in [6.07, 6.45) is 2.51. The molecule has 94 valence electrons. The number of aryl methyl sites for hydroxylation is 1. The first-order chi connectivity index (χ1) is 8.22. The lowest BCUT2D eigenvalue weighted by molar-refractivity contribution is 0.491. The molecule has 1 aromatic rings. The second kappa shape index (κ2) is 5.16. The van der Waals surface area contributed by atoms with Crippen LogP contribution in [0, 0.1) is 6.92 Å². The molecule has 0 atom stereocenters. The van der Waals surface area contributed by atoms with E-state index in [2.05, 4.69) is 25.4 Å². The van der Waals surface area contributed by atoms with Crippen LogP contribution >= 0.6 is 0 Å². The summed E-state index contributed by atoms with van der Waals surface area (Å²) in [5, 5.41) is 11.5. The highest BCUT2D eigenvalue weighted by Gasteiger charge is 2.16. The lowest BCUT2D eigenvalue weighted by atomic mass is 10.4. The highest BCUT2D eigenvalue weighted by atomic mass is 15.3. The lowest BCUT2D eigenvalue weighted by Crippen LogP contribution is -2.39. The van der Waals surface area contributed by atoms with Gasteiger partial charge in [-0.25, -0.2) is 0 Å². The molecule has 1 fully saturated rings. The molecule has 1 aromatic heterocycles. The number of likely N-dealkylation sites (tertiary alicyclic amines) is 1. The van der Waals surface area contributed by atoms with Crippen LogP contribution in [-0.2, 0) is 13.6 Å². The molecule has 0 bridgehead atoms. The van der Waals surface area contributed by atoms with E-state index < -0.39 is 0 Å². The van der Waals surface area contributed by atoms with E-state index in [1.54, 1.807) is 0 Å². The van der Waals surface area contributed by atoms with Crippen molar-refractivity contribution in [2.24, 2.45) is 12.0 Å². The SMILES string of the molecule is CN=C(NCc1nnc(C)n1C)N1CCCC1. The third-order valence-corrected chi connectivity index (χ3v) is 3.20. The van der Waals surface area contributed by atoms with Crippen molar-refractivity contribution in [2.45, 2.75) is 26.3 Å². The van der Waals surface area contributed by atoms with Crippen LogP contribution in [0.25, 0.3) is 0 Å². The van der Waals surface area contributed by atoms with Crippen molar-refractivity contribution in [2.75, 3.05) is 20.1 Å². The molecular formula is C11H20N6. The van der Waals surface area contributed by atoms with Gasteiger partial charge in [-0.1, -0.05) is 0 Å². The molecular weight excluding hydrogens is 216 g/mol. The van der Waals surface area contributed by atoms with Crippen LogP contribution < -0.4 is 5.32 Å². The number of nitrogens with one attached hydrogen (secondary N) is 1. The van der Waals surface area contributed by atoms with Crippen LogP contribution in [0.2, 0.25) is 0 Å². The van der Waals surface area contributed by atoms with Crippen molar-refractivity contribution in [3.8, 4) is 0 Å². The van der Waals surface area contributed by atoms with Crippen LogP contribution in [0.5, 0.6) is 0 Å². The standard InChI is InChI=1S/C11H20N6/c1-9-14-15-10(16(9)3)8-13-11(12-2)17-6-4-5-7-17/h4-8H2,1-3H3,(H,12,13). The van der Waals surface area contributed by atoms with E-state index in [1.165, 1.54) is 12.8 Å². The average Bonchev–Trinajstić information content (AvgIpc) is 2.95. The first-order valence-corrected chi connectivity index (χ1v) is 6.03. The minimum absolute atomic E-state index is 0.667. The molecule has 0 aromatic carbocycles. The van der Waals surface area contributed by atoms with E-state index in [9.17, 15) is 0 Å². The Kier molecular flexibility index (Phi) is 3.61. The fraction of sp³-hybridized carbons (Fsp3) is 0.727. The monoisotopic (exact) mass is 236 g/mol. The van der Waals surface area contributed by atoms with E-state index in [1.807, 2.05) is 25.6 Å². The van der Waals surface area contributed by atoms with E-state index in [4.69, 9.17) is 0 Å². The number of nitrogens with zero attached hydrogens (tertiary/aromatic N) is 5. The van der Waals surface area contributed by atoms with Gasteiger partial charge in [0.25, 0.3) is 0 Å². The minimum atomic E-state index is 0.667. The zero-order valence-electron chi connectivity index (χ0n) is 10.8. The first kappa shape index (κ1) is 11.9. The molecule has 2 heterocycles. The van der Waals surface area contributed by atoms with Gasteiger partial charge >= 0.3 is 0 Å². The van der Waals surface area contributed by atoms with Crippen molar-refractivity contribution in [1.82, 2.24) is 25.0 Å². The van der Waals surface area contributed by atoms with Crippen molar-refractivity contribution >= 4 is 5.96 Å². The predicted octanol–water partition coefficient (Wildman–Crippen LogP) is 0.295. The Bertz CT molecular complexity index is 402. The van der Waals surface area contributed by atoms with Crippen molar-refractivity contribution in [3.63, 3.8) is 0 Å². The Hall–Kier alpha value is -1.59. The van der Waals surface area contributed by atoms with Gasteiger partial charge in [-0.05, 0) is 19.8 Å². The first-order valence-electron chi connectivity index (χ1n) is 6.03. The molecule has 1 aliphatic heterocycles. The summed E-state index contributed by atoms with van der Waals surface area (Å²) in [6.45, 7) is 4.81. The summed E-state index contributed by atoms with van der Waals surface area (Å²) in [5.41, 5.74) is 0. The fourth-order valence-corrected chi connectivity index (χ4v) is 2.02. The maximum Gasteiger partial charge on any atom is 0.194 e. The van der Waals surface area contributed by atoms with Gasteiger partial charge in [-0.2, -0.15) is 0 Å². The van der Waals surface area contributed by atoms with Gasteiger partial charge in [0, 0.05) is 27.2 Å². The number of guanidine groups is 1. The van der Waals surface area contributed by atoms with Gasteiger partial charge in [0.2, 0.25) is 0 Å². The molecule has 0 saturated carbocycles. The van der Waals surface area contributed by atoms with Crippen molar-refractivity contribution in [3.05, 3.63) is 11.6 Å². The number of hydrogen-bond donors (Lipinski definition) is 1. The third kappa shape index (κ3) is 2.57. The van der Waals surface area contributed by atoms with Crippen LogP contribution in [0.3, 0.4) is 0 Å². The predicted molar refractivity (Wildman–Crippen MR) is 66.7 cm³/mol. The minimum Gasteiger partial charge on any atom is -0.349 e. The maximum atomic E-state index is 4.30. The third-order valence-electron chi connectivity index (χ3n) is 3.20. The molecule has 6 nitrogen and oxygen atoms in total. The Morgan fingerprint density at radius 3 is 2.59 bits per heavy atom. The van der Waals surface area contributed by atoms with Gasteiger partial charge in [-0.15, -0.1) is 10.2 Å². The molecule has 17 heavy (non-hydrogen) atoms. The summed E-state index contributed by atoms with van der Waals surface area (Å²) in [6, 6.07) is 0. The van der Waals surface area contributed by atoms with E-state index in [-0.39, 0.29) is 0 Å². The zero-order chi connectivity index (χ0) is 12.3. The quantitative estimate of drug-likeness (QED) is 0.592. The molecule has 6 heteroatoms. The topological polar surface area (TPSA) is 58.3 Å². The van der Waals surface area contributed by atoms with Crippen LogP contribution in [-0.4, -0.2) is 45.8 Å². The summed E-state index contributed by atoms with van der Waals surface area (Å²) in [4.78, 5) is 6.58. The molecule has 1 N–H and O–H groups in total. The lowest BCUT2D eigenvalue weighted by Gasteiger charge is -2.20. The Morgan fingerprint density at radius 1 is 1.35 bits per heavy atom. The van der Waals surface area contributed by atoms with Crippen LogP contribution in [0.15, 0.2) is 4.99 Å². The second-order valence-electron chi connectivity index (χ2n) is 4.32. The smallest absolute Gasteiger partial charge is 0.194 e. The molecule has 0 spiro atoms. The van der Waals surface area contributed by atoms with Gasteiger partial charge in [0.15, 0.2) is 11.8 Å². The van der Waals surface area contributed by atoms with Crippen LogP contribution in [0.4, 0.5) is 0 Å². The van der Waals surface area contributed by atoms with E-state index in [0.29, 0.717) is 6.54 Å². The highest BCUT2D eigenvalue weighted by Crippen LogP contribution is 2.07. The van der Waals surface area contributed by atoms with Crippen molar-refractivity contribution < 1.29 is 0 Å². The number of aliphatic imine (C=N–C) groups is 1. The van der Waals surface area contributed by atoms with Gasteiger partial charge in [0.1, 0.15) is 5.82 Å². The number of hydrogen-bond acceptors (Lipinski definition) is 3. The Balaban J connectivity index is 1.94. The van der Waals surface area contributed by atoms with Gasteiger partial charge in [-0.3, -0.25) is 4.99 Å². The molecule has 0 radical (unpaired) electrons. The normalized spacial score (nSPS) is 16.6. The van der Waals surface area contributed by atoms with Crippen molar-refractivity contribution in [1.29, 1.82) is 0 Å². The summed E-state index contributed by atoms with van der Waals surface area (Å²) in [5.74, 6) is 2.82. The van der Waals surface area contributed by atoms with E-state index >= 15 is 0 Å². The maximum absolute atomic E-state index is 4.30. The summed E-state index contributed by atoms with van der Waals surface area (Å²) < 4.78 is 1.99. The molecule has 1 aliphatic rings. The Labute approximate surface area is 102 Å². The highest BCUT2D eigenvalue weighted by molar-refractivity contribution is 5.79. The number of rotatable bonds is 2. The number of aromatic nitrogens is 3. The van der Waals surface area contributed by atoms with Gasteiger partial charge < -0.3 is 14.8 Å². The van der Waals surface area contributed by atoms with Crippen LogP contribution in [0.1, 0.15) is 24.5 Å². The molecule has 0 aliphatic carbocycles. The largest absolute Gasteiger partial charge is 0.349 e. The summed E-state index contributed by atoms with van der Waals surface area (Å²) >= 11 is 0. The molecule has 0 unspecified atom stereocenters. The van der Waals surface area contributed by atoms with E-state index in [0.717, 1.165) is 30.7 Å². The summed E-state index contributed by atoms with van der Waals surface area (Å²) in [7, 11) is 3.80. The Morgan fingerprint density at radius 2 is 2.06 bits per heavy atom. The fourth-order valence-electron chi connectivity index (χ4n) is 2.02. The molecule has 2 rings (SSSR count). The molecule has 1 saturated heterocycles. The average molecular weight is 236 g/mol. The second-order valence-corrected chi connectivity index (χ2v) is 4.32.